The summed E-state index contributed by atoms with van der Waals surface area (Å²) in [6.07, 6.45) is 0. The van der Waals surface area contributed by atoms with Crippen molar-refractivity contribution in [3.05, 3.63) is 88.6 Å². The first-order chi connectivity index (χ1) is 18.7. The van der Waals surface area contributed by atoms with Crippen molar-refractivity contribution in [2.24, 2.45) is 0 Å². The van der Waals surface area contributed by atoms with E-state index in [1.165, 1.54) is 48.4 Å². The van der Waals surface area contributed by atoms with Crippen LogP contribution < -0.4 is 14.4 Å². The molecule has 0 fully saturated rings. The van der Waals surface area contributed by atoms with E-state index in [-0.39, 0.29) is 23.0 Å². The lowest BCUT2D eigenvalue weighted by Gasteiger charge is -2.33. The van der Waals surface area contributed by atoms with Crippen LogP contribution in [0.5, 0.6) is 5.75 Å². The summed E-state index contributed by atoms with van der Waals surface area (Å²) >= 11 is 3.39. The third-order valence-electron chi connectivity index (χ3n) is 5.97. The number of hydrogen-bond acceptors (Lipinski definition) is 5. The van der Waals surface area contributed by atoms with Gasteiger partial charge in [0.25, 0.3) is 10.0 Å². The van der Waals surface area contributed by atoms with Crippen LogP contribution in [0.4, 0.5) is 10.1 Å². The van der Waals surface area contributed by atoms with E-state index < -0.39 is 39.9 Å². The van der Waals surface area contributed by atoms with Crippen LogP contribution in [0.25, 0.3) is 0 Å². The molecule has 8 nitrogen and oxygen atoms in total. The first-order valence-corrected chi connectivity index (χ1v) is 14.7. The molecule has 1 atom stereocenters. The van der Waals surface area contributed by atoms with Crippen LogP contribution in [0.3, 0.4) is 0 Å². The zero-order valence-electron chi connectivity index (χ0n) is 23.0. The number of hydrogen-bond donors (Lipinski definition) is 1. The molecule has 3 aromatic rings. The Kier molecular flexibility index (Phi) is 9.96. The average molecular weight is 635 g/mol. The Hall–Kier alpha value is -3.44. The molecule has 0 heterocycles. The highest BCUT2D eigenvalue weighted by atomic mass is 79.9. The number of carbonyl (C=O) groups excluding carboxylic acids is 2. The van der Waals surface area contributed by atoms with Crippen LogP contribution in [0.2, 0.25) is 0 Å². The molecule has 40 heavy (non-hydrogen) atoms. The van der Waals surface area contributed by atoms with Gasteiger partial charge in [0.05, 0.1) is 17.7 Å². The predicted octanol–water partition coefficient (Wildman–Crippen LogP) is 5.12. The first-order valence-electron chi connectivity index (χ1n) is 12.5. The fourth-order valence-corrected chi connectivity index (χ4v) is 5.53. The highest BCUT2D eigenvalue weighted by Gasteiger charge is 2.33. The van der Waals surface area contributed by atoms with Crippen LogP contribution in [0.1, 0.15) is 33.3 Å². The van der Waals surface area contributed by atoms with Crippen molar-refractivity contribution in [2.75, 3.05) is 18.0 Å². The van der Waals surface area contributed by atoms with E-state index in [9.17, 15) is 22.4 Å². The maximum Gasteiger partial charge on any atom is 0.264 e. The highest BCUT2D eigenvalue weighted by molar-refractivity contribution is 9.10. The SMILES string of the molecule is COc1ccc(S(=O)(=O)N(CC(=O)N(Cc2ccc(Br)cc2)C(C)C(=O)NC(C)(C)C)c2ccc(F)cc2)cc1. The molecule has 0 aliphatic carbocycles. The number of nitrogens with zero attached hydrogens (tertiary/aromatic N) is 2. The van der Waals surface area contributed by atoms with Crippen LogP contribution in [0, 0.1) is 5.82 Å². The van der Waals surface area contributed by atoms with Crippen LogP contribution in [-0.2, 0) is 26.2 Å². The largest absolute Gasteiger partial charge is 0.497 e. The molecule has 0 saturated carbocycles. The van der Waals surface area contributed by atoms with Crippen molar-refractivity contribution in [3.8, 4) is 5.75 Å². The second kappa shape index (κ2) is 12.8. The van der Waals surface area contributed by atoms with Crippen molar-refractivity contribution >= 4 is 43.5 Å². The van der Waals surface area contributed by atoms with Gasteiger partial charge in [-0.15, -0.1) is 0 Å². The van der Waals surface area contributed by atoms with Gasteiger partial charge in [0.1, 0.15) is 24.2 Å². The van der Waals surface area contributed by atoms with E-state index in [2.05, 4.69) is 21.2 Å². The van der Waals surface area contributed by atoms with Gasteiger partial charge in [-0.1, -0.05) is 28.1 Å². The van der Waals surface area contributed by atoms with Crippen molar-refractivity contribution in [3.63, 3.8) is 0 Å². The second-order valence-corrected chi connectivity index (χ2v) is 13.0. The first kappa shape index (κ1) is 31.1. The Labute approximate surface area is 243 Å². The molecule has 0 aliphatic rings. The third-order valence-corrected chi connectivity index (χ3v) is 8.29. The summed E-state index contributed by atoms with van der Waals surface area (Å²) in [5.74, 6) is -1.09. The number of methoxy groups -OCH3 is 1. The number of ether oxygens (including phenoxy) is 1. The lowest BCUT2D eigenvalue weighted by atomic mass is 10.1. The van der Waals surface area contributed by atoms with Crippen LogP contribution in [-0.4, -0.2) is 50.4 Å². The molecular formula is C29H33BrFN3O5S. The molecule has 3 aromatic carbocycles. The second-order valence-electron chi connectivity index (χ2n) is 10.2. The van der Waals surface area contributed by atoms with Crippen LogP contribution in [0.15, 0.2) is 82.2 Å². The number of amides is 2. The van der Waals surface area contributed by atoms with E-state index in [0.717, 1.165) is 26.5 Å². The quantitative estimate of drug-likeness (QED) is 0.334. The molecule has 0 spiro atoms. The van der Waals surface area contributed by atoms with Crippen molar-refractivity contribution in [2.45, 2.75) is 50.7 Å². The summed E-state index contributed by atoms with van der Waals surface area (Å²) in [7, 11) is -2.81. The molecule has 0 aliphatic heterocycles. The van der Waals surface area contributed by atoms with Gasteiger partial charge in [-0.3, -0.25) is 13.9 Å². The van der Waals surface area contributed by atoms with Gasteiger partial charge < -0.3 is 15.0 Å². The monoisotopic (exact) mass is 633 g/mol. The van der Waals surface area contributed by atoms with Gasteiger partial charge in [0.15, 0.2) is 0 Å². The molecule has 11 heteroatoms. The minimum Gasteiger partial charge on any atom is -0.497 e. The average Bonchev–Trinajstić information content (AvgIpc) is 2.90. The molecule has 0 saturated heterocycles. The maximum absolute atomic E-state index is 13.9. The van der Waals surface area contributed by atoms with Crippen molar-refractivity contribution in [1.29, 1.82) is 0 Å². The Morgan fingerprint density at radius 3 is 2.08 bits per heavy atom. The summed E-state index contributed by atoms with van der Waals surface area (Å²) in [4.78, 5) is 28.3. The van der Waals surface area contributed by atoms with Gasteiger partial charge in [-0.2, -0.15) is 0 Å². The molecule has 214 valence electrons. The smallest absolute Gasteiger partial charge is 0.264 e. The maximum atomic E-state index is 13.9. The Bertz CT molecular complexity index is 1420. The minimum absolute atomic E-state index is 0.0602. The van der Waals surface area contributed by atoms with Gasteiger partial charge in [0, 0.05) is 16.6 Å². The lowest BCUT2D eigenvalue weighted by Crippen LogP contribution is -2.54. The fraction of sp³-hybridized carbons (Fsp3) is 0.310. The van der Waals surface area contributed by atoms with E-state index in [1.807, 2.05) is 45.0 Å². The number of nitrogens with one attached hydrogen (secondary N) is 1. The number of carbonyl (C=O) groups is 2. The van der Waals surface area contributed by atoms with Gasteiger partial charge in [-0.05, 0) is 93.9 Å². The van der Waals surface area contributed by atoms with Gasteiger partial charge in [-0.25, -0.2) is 12.8 Å². The minimum atomic E-state index is -4.27. The summed E-state index contributed by atoms with van der Waals surface area (Å²) in [5, 5.41) is 2.88. The zero-order chi connectivity index (χ0) is 29.7. The Morgan fingerprint density at radius 2 is 1.55 bits per heavy atom. The van der Waals surface area contributed by atoms with E-state index in [4.69, 9.17) is 4.74 Å². The van der Waals surface area contributed by atoms with Gasteiger partial charge in [0.2, 0.25) is 11.8 Å². The fourth-order valence-electron chi connectivity index (χ4n) is 3.85. The van der Waals surface area contributed by atoms with E-state index in [0.29, 0.717) is 5.75 Å². The Balaban J connectivity index is 2.03. The summed E-state index contributed by atoms with van der Waals surface area (Å²) in [5.41, 5.74) is 0.300. The number of benzene rings is 3. The molecule has 1 N–H and O–H groups in total. The highest BCUT2D eigenvalue weighted by Crippen LogP contribution is 2.26. The lowest BCUT2D eigenvalue weighted by molar-refractivity contribution is -0.140. The number of anilines is 1. The van der Waals surface area contributed by atoms with E-state index in [1.54, 1.807) is 6.92 Å². The topological polar surface area (TPSA) is 96.0 Å². The zero-order valence-corrected chi connectivity index (χ0v) is 25.4. The number of sulfonamides is 1. The van der Waals surface area contributed by atoms with E-state index >= 15 is 0 Å². The van der Waals surface area contributed by atoms with Crippen molar-refractivity contribution in [1.82, 2.24) is 10.2 Å². The van der Waals surface area contributed by atoms with Crippen LogP contribution >= 0.6 is 15.9 Å². The molecule has 1 unspecified atom stereocenters. The van der Waals surface area contributed by atoms with Crippen molar-refractivity contribution < 1.29 is 27.1 Å². The third kappa shape index (κ3) is 8.04. The number of rotatable bonds is 10. The molecular weight excluding hydrogens is 601 g/mol. The summed E-state index contributed by atoms with van der Waals surface area (Å²) in [6.45, 7) is 6.52. The molecule has 0 radical (unpaired) electrons. The molecule has 3 rings (SSSR count). The molecule has 0 aromatic heterocycles. The molecule has 0 bridgehead atoms. The normalized spacial score (nSPS) is 12.4. The predicted molar refractivity (Wildman–Crippen MR) is 156 cm³/mol. The number of halogens is 2. The van der Waals surface area contributed by atoms with Gasteiger partial charge >= 0.3 is 0 Å². The summed E-state index contributed by atoms with van der Waals surface area (Å²) in [6, 6.07) is 16.9. The Morgan fingerprint density at radius 1 is 0.975 bits per heavy atom. The standard InChI is InChI=1S/C29H33BrFN3O5S/c1-20(28(36)32-29(2,3)4)33(18-21-6-8-22(30)9-7-21)27(35)19-34(24-12-10-23(31)11-13-24)40(37,38)26-16-14-25(39-5)15-17-26/h6-17,20H,18-19H2,1-5H3,(H,32,36). The molecule has 2 amide bonds. The summed E-state index contributed by atoms with van der Waals surface area (Å²) < 4.78 is 48.2.